The van der Waals surface area contributed by atoms with Crippen LogP contribution < -0.4 is 5.32 Å². The van der Waals surface area contributed by atoms with Crippen molar-refractivity contribution in [3.05, 3.63) is 38.3 Å². The minimum absolute atomic E-state index is 0.0498. The minimum atomic E-state index is -0.517. The monoisotopic (exact) mass is 328 g/mol. The first-order chi connectivity index (χ1) is 8.62. The highest BCUT2D eigenvalue weighted by atomic mass is 79.9. The van der Waals surface area contributed by atoms with E-state index in [0.717, 1.165) is 0 Å². The van der Waals surface area contributed by atoms with Crippen LogP contribution in [0, 0.1) is 15.5 Å². The van der Waals surface area contributed by atoms with Crippen LogP contribution in [0.5, 0.6) is 0 Å². The van der Waals surface area contributed by atoms with Gasteiger partial charge in [0.05, 0.1) is 10.5 Å². The lowest BCUT2D eigenvalue weighted by molar-refractivity contribution is -0.384. The van der Waals surface area contributed by atoms with Crippen molar-refractivity contribution in [1.82, 2.24) is 5.32 Å². The summed E-state index contributed by atoms with van der Waals surface area (Å²) in [5, 5.41) is 13.6. The van der Waals surface area contributed by atoms with E-state index in [1.54, 1.807) is 0 Å². The molecule has 1 amide bonds. The fourth-order valence-corrected chi connectivity index (χ4v) is 1.72. The summed E-state index contributed by atoms with van der Waals surface area (Å²) in [6, 6.07) is 4.09. The predicted molar refractivity (Wildman–Crippen MR) is 77.2 cm³/mol. The Morgan fingerprint density at radius 3 is 2.47 bits per heavy atom. The zero-order valence-electron chi connectivity index (χ0n) is 11.4. The summed E-state index contributed by atoms with van der Waals surface area (Å²) >= 11 is 3.24. The fourth-order valence-electron chi connectivity index (χ4n) is 1.29. The fraction of sp³-hybridized carbons (Fsp3) is 0.462. The zero-order valence-corrected chi connectivity index (χ0v) is 12.9. The highest BCUT2D eigenvalue weighted by Gasteiger charge is 2.23. The Morgan fingerprint density at radius 2 is 2.00 bits per heavy atom. The molecule has 6 heteroatoms. The molecule has 0 radical (unpaired) electrons. The molecular weight excluding hydrogens is 312 g/mol. The van der Waals surface area contributed by atoms with Gasteiger partial charge in [-0.2, -0.15) is 0 Å². The van der Waals surface area contributed by atoms with Gasteiger partial charge in [0.25, 0.3) is 11.6 Å². The molecule has 1 atom stereocenters. The number of carbonyl (C=O) groups excluding carboxylic acids is 1. The second-order valence-corrected chi connectivity index (χ2v) is 6.34. The molecule has 0 aliphatic rings. The number of nitrogens with zero attached hydrogens (tertiary/aromatic N) is 1. The van der Waals surface area contributed by atoms with E-state index in [9.17, 15) is 14.9 Å². The smallest absolute Gasteiger partial charge is 0.270 e. The maximum atomic E-state index is 12.1. The summed E-state index contributed by atoms with van der Waals surface area (Å²) in [5.74, 6) is -0.321. The number of nitrogens with one attached hydrogen (secondary N) is 1. The van der Waals surface area contributed by atoms with Crippen molar-refractivity contribution < 1.29 is 9.72 Å². The van der Waals surface area contributed by atoms with Gasteiger partial charge >= 0.3 is 0 Å². The molecule has 19 heavy (non-hydrogen) atoms. The molecule has 1 aromatic rings. The van der Waals surface area contributed by atoms with Gasteiger partial charge in [-0.05, 0) is 34.3 Å². The van der Waals surface area contributed by atoms with Crippen LogP contribution >= 0.6 is 15.9 Å². The summed E-state index contributed by atoms with van der Waals surface area (Å²) in [7, 11) is 0. The first-order valence-corrected chi connectivity index (χ1v) is 6.67. The van der Waals surface area contributed by atoms with Crippen LogP contribution in [0.1, 0.15) is 38.1 Å². The standard InChI is InChI=1S/C13H17BrN2O3/c1-8(13(2,3)4)15-12(17)10-7-9(16(18)19)5-6-11(10)14/h5-8H,1-4H3,(H,15,17). The first kappa shape index (κ1) is 15.6. The first-order valence-electron chi connectivity index (χ1n) is 5.87. The number of halogens is 1. The summed E-state index contributed by atoms with van der Waals surface area (Å²) < 4.78 is 0.539. The Labute approximate surface area is 120 Å². The Hall–Kier alpha value is -1.43. The lowest BCUT2D eigenvalue weighted by atomic mass is 9.88. The van der Waals surface area contributed by atoms with Gasteiger partial charge in [-0.25, -0.2) is 0 Å². The van der Waals surface area contributed by atoms with Crippen molar-refractivity contribution in [2.45, 2.75) is 33.7 Å². The van der Waals surface area contributed by atoms with Crippen molar-refractivity contribution in [2.24, 2.45) is 5.41 Å². The maximum Gasteiger partial charge on any atom is 0.270 e. The number of hydrogen-bond acceptors (Lipinski definition) is 3. The van der Waals surface area contributed by atoms with Gasteiger partial charge in [-0.1, -0.05) is 20.8 Å². The number of carbonyl (C=O) groups is 1. The Kier molecular flexibility index (Phi) is 4.68. The molecule has 1 rings (SSSR count). The number of amides is 1. The number of nitro groups is 1. The van der Waals surface area contributed by atoms with Crippen LogP contribution in [-0.4, -0.2) is 16.9 Å². The summed E-state index contributed by atoms with van der Waals surface area (Å²) in [6.45, 7) is 7.95. The average molecular weight is 329 g/mol. The van der Waals surface area contributed by atoms with E-state index in [-0.39, 0.29) is 28.6 Å². The molecule has 1 N–H and O–H groups in total. The molecular formula is C13H17BrN2O3. The lowest BCUT2D eigenvalue weighted by Gasteiger charge is -2.28. The Morgan fingerprint density at radius 1 is 1.42 bits per heavy atom. The molecule has 0 saturated carbocycles. The van der Waals surface area contributed by atoms with Crippen LogP contribution in [0.2, 0.25) is 0 Å². The third-order valence-electron chi connectivity index (χ3n) is 3.05. The van der Waals surface area contributed by atoms with E-state index >= 15 is 0 Å². The van der Waals surface area contributed by atoms with Crippen molar-refractivity contribution in [2.75, 3.05) is 0 Å². The van der Waals surface area contributed by atoms with E-state index in [0.29, 0.717) is 4.47 Å². The maximum absolute atomic E-state index is 12.1. The van der Waals surface area contributed by atoms with Gasteiger partial charge in [0.2, 0.25) is 0 Å². The van der Waals surface area contributed by atoms with E-state index < -0.39 is 4.92 Å². The number of non-ortho nitro benzene ring substituents is 1. The molecule has 5 nitrogen and oxygen atoms in total. The highest BCUT2D eigenvalue weighted by Crippen LogP contribution is 2.24. The third kappa shape index (κ3) is 4.02. The van der Waals surface area contributed by atoms with Gasteiger partial charge < -0.3 is 5.32 Å². The molecule has 0 spiro atoms. The molecule has 1 aromatic carbocycles. The van der Waals surface area contributed by atoms with E-state index in [4.69, 9.17) is 0 Å². The van der Waals surface area contributed by atoms with Crippen molar-refractivity contribution in [3.63, 3.8) is 0 Å². The van der Waals surface area contributed by atoms with Gasteiger partial charge in [0, 0.05) is 22.6 Å². The van der Waals surface area contributed by atoms with Crippen LogP contribution in [0.4, 0.5) is 5.69 Å². The summed E-state index contributed by atoms with van der Waals surface area (Å²) in [4.78, 5) is 22.3. The predicted octanol–water partition coefficient (Wildman–Crippen LogP) is 3.52. The number of hydrogen-bond donors (Lipinski definition) is 1. The molecule has 0 aliphatic carbocycles. The van der Waals surface area contributed by atoms with Crippen LogP contribution in [-0.2, 0) is 0 Å². The second kappa shape index (κ2) is 5.69. The summed E-state index contributed by atoms with van der Waals surface area (Å²) in [6.07, 6.45) is 0. The quantitative estimate of drug-likeness (QED) is 0.681. The molecule has 0 aromatic heterocycles. The van der Waals surface area contributed by atoms with E-state index in [1.165, 1.54) is 18.2 Å². The number of rotatable bonds is 3. The second-order valence-electron chi connectivity index (χ2n) is 5.48. The van der Waals surface area contributed by atoms with Gasteiger partial charge in [0.15, 0.2) is 0 Å². The molecule has 0 fully saturated rings. The average Bonchev–Trinajstić information content (AvgIpc) is 2.27. The van der Waals surface area contributed by atoms with Crippen LogP contribution in [0.25, 0.3) is 0 Å². The normalized spacial score (nSPS) is 12.9. The van der Waals surface area contributed by atoms with Gasteiger partial charge in [-0.3, -0.25) is 14.9 Å². The van der Waals surface area contributed by atoms with Gasteiger partial charge in [-0.15, -0.1) is 0 Å². The van der Waals surface area contributed by atoms with Crippen molar-refractivity contribution >= 4 is 27.5 Å². The molecule has 0 saturated heterocycles. The zero-order chi connectivity index (χ0) is 14.8. The van der Waals surface area contributed by atoms with Crippen molar-refractivity contribution in [1.29, 1.82) is 0 Å². The number of nitro benzene ring substituents is 1. The molecule has 0 aliphatic heterocycles. The topological polar surface area (TPSA) is 72.2 Å². The van der Waals surface area contributed by atoms with E-state index in [2.05, 4.69) is 21.2 Å². The molecule has 104 valence electrons. The Balaban J connectivity index is 3.00. The number of benzene rings is 1. The Bertz CT molecular complexity index is 509. The molecule has 0 bridgehead atoms. The minimum Gasteiger partial charge on any atom is -0.349 e. The lowest BCUT2D eigenvalue weighted by Crippen LogP contribution is -2.41. The van der Waals surface area contributed by atoms with Crippen LogP contribution in [0.3, 0.4) is 0 Å². The van der Waals surface area contributed by atoms with Crippen LogP contribution in [0.15, 0.2) is 22.7 Å². The molecule has 1 unspecified atom stereocenters. The van der Waals surface area contributed by atoms with Gasteiger partial charge in [0.1, 0.15) is 0 Å². The molecule has 0 heterocycles. The third-order valence-corrected chi connectivity index (χ3v) is 3.74. The SMILES string of the molecule is CC(NC(=O)c1cc([N+](=O)[O-])ccc1Br)C(C)(C)C. The van der Waals surface area contributed by atoms with Crippen molar-refractivity contribution in [3.8, 4) is 0 Å². The van der Waals surface area contributed by atoms with E-state index in [1.807, 2.05) is 27.7 Å². The summed E-state index contributed by atoms with van der Waals surface area (Å²) in [5.41, 5.74) is 0.0881. The largest absolute Gasteiger partial charge is 0.349 e. The highest BCUT2D eigenvalue weighted by molar-refractivity contribution is 9.10.